The SMILES string of the molecule is CNc1ccc(S(=O)(=O)NC(C)CCOC)cc1[N+](=O)[O-]. The molecular formula is C12H19N3O5S. The topological polar surface area (TPSA) is 111 Å². The van der Waals surface area contributed by atoms with E-state index >= 15 is 0 Å². The Hall–Kier alpha value is -1.71. The maximum absolute atomic E-state index is 12.2. The molecule has 0 saturated carbocycles. The number of nitrogens with one attached hydrogen (secondary N) is 2. The highest BCUT2D eigenvalue weighted by atomic mass is 32.2. The van der Waals surface area contributed by atoms with Crippen LogP contribution in [-0.4, -0.2) is 40.1 Å². The normalized spacial score (nSPS) is 12.9. The summed E-state index contributed by atoms with van der Waals surface area (Å²) >= 11 is 0. The monoisotopic (exact) mass is 317 g/mol. The Bertz CT molecular complexity index is 603. The fourth-order valence-electron chi connectivity index (χ4n) is 1.73. The highest BCUT2D eigenvalue weighted by Gasteiger charge is 2.22. The van der Waals surface area contributed by atoms with E-state index in [-0.39, 0.29) is 22.3 Å². The first-order chi connectivity index (χ1) is 9.81. The average Bonchev–Trinajstić information content (AvgIpc) is 2.43. The number of ether oxygens (including phenoxy) is 1. The van der Waals surface area contributed by atoms with E-state index in [0.717, 1.165) is 6.07 Å². The first-order valence-corrected chi connectivity index (χ1v) is 7.77. The van der Waals surface area contributed by atoms with Gasteiger partial charge in [-0.3, -0.25) is 10.1 Å². The summed E-state index contributed by atoms with van der Waals surface area (Å²) in [6.45, 7) is 2.12. The third-order valence-corrected chi connectivity index (χ3v) is 4.44. The fraction of sp³-hybridized carbons (Fsp3) is 0.500. The molecule has 1 unspecified atom stereocenters. The minimum absolute atomic E-state index is 0.141. The molecule has 21 heavy (non-hydrogen) atoms. The van der Waals surface area contributed by atoms with E-state index in [1.165, 1.54) is 26.3 Å². The molecule has 0 radical (unpaired) electrons. The average molecular weight is 317 g/mol. The van der Waals surface area contributed by atoms with Crippen LogP contribution in [0.15, 0.2) is 23.1 Å². The Balaban J connectivity index is 3.03. The highest BCUT2D eigenvalue weighted by Crippen LogP contribution is 2.27. The summed E-state index contributed by atoms with van der Waals surface area (Å²) in [7, 11) is -0.751. The van der Waals surface area contributed by atoms with Crippen LogP contribution < -0.4 is 10.0 Å². The molecule has 1 rings (SSSR count). The van der Waals surface area contributed by atoms with Gasteiger partial charge in [0, 0.05) is 32.9 Å². The lowest BCUT2D eigenvalue weighted by Gasteiger charge is -2.14. The van der Waals surface area contributed by atoms with E-state index in [9.17, 15) is 18.5 Å². The lowest BCUT2D eigenvalue weighted by atomic mass is 10.3. The van der Waals surface area contributed by atoms with Crippen molar-refractivity contribution in [3.8, 4) is 0 Å². The lowest BCUT2D eigenvalue weighted by Crippen LogP contribution is -2.33. The number of hydrogen-bond acceptors (Lipinski definition) is 6. The number of benzene rings is 1. The standard InChI is InChI=1S/C12H19N3O5S/c1-9(6-7-20-3)14-21(18,19)10-4-5-11(13-2)12(8-10)15(16)17/h4-5,8-9,13-14H,6-7H2,1-3H3. The molecule has 0 aliphatic heterocycles. The zero-order valence-corrected chi connectivity index (χ0v) is 12.9. The van der Waals surface area contributed by atoms with E-state index in [2.05, 4.69) is 10.0 Å². The van der Waals surface area contributed by atoms with Crippen LogP contribution in [0.25, 0.3) is 0 Å². The number of sulfonamides is 1. The molecule has 0 aliphatic carbocycles. The second kappa shape index (κ2) is 7.34. The summed E-state index contributed by atoms with van der Waals surface area (Å²) in [5.41, 5.74) is -0.0312. The molecule has 1 atom stereocenters. The van der Waals surface area contributed by atoms with Crippen molar-refractivity contribution in [2.75, 3.05) is 26.1 Å². The number of anilines is 1. The summed E-state index contributed by atoms with van der Waals surface area (Å²) in [6, 6.07) is 3.39. The van der Waals surface area contributed by atoms with E-state index in [4.69, 9.17) is 4.74 Å². The maximum atomic E-state index is 12.2. The van der Waals surface area contributed by atoms with Gasteiger partial charge in [0.2, 0.25) is 10.0 Å². The number of nitrogens with zero attached hydrogens (tertiary/aromatic N) is 1. The highest BCUT2D eigenvalue weighted by molar-refractivity contribution is 7.89. The first kappa shape index (κ1) is 17.3. The molecule has 0 heterocycles. The van der Waals surface area contributed by atoms with E-state index in [0.29, 0.717) is 13.0 Å². The van der Waals surface area contributed by atoms with Crippen molar-refractivity contribution in [3.63, 3.8) is 0 Å². The molecule has 2 N–H and O–H groups in total. The molecule has 0 fully saturated rings. The van der Waals surface area contributed by atoms with Crippen molar-refractivity contribution in [3.05, 3.63) is 28.3 Å². The summed E-state index contributed by atoms with van der Waals surface area (Å²) in [5.74, 6) is 0. The van der Waals surface area contributed by atoms with Crippen LogP contribution >= 0.6 is 0 Å². The van der Waals surface area contributed by atoms with Crippen molar-refractivity contribution < 1.29 is 18.1 Å². The van der Waals surface area contributed by atoms with Gasteiger partial charge >= 0.3 is 0 Å². The Kier molecular flexibility index (Phi) is 6.06. The van der Waals surface area contributed by atoms with E-state index in [1.807, 2.05) is 0 Å². The van der Waals surface area contributed by atoms with Gasteiger partial charge in [0.25, 0.3) is 5.69 Å². The zero-order chi connectivity index (χ0) is 16.0. The van der Waals surface area contributed by atoms with Gasteiger partial charge in [-0.15, -0.1) is 0 Å². The molecule has 0 amide bonds. The summed E-state index contributed by atoms with van der Waals surface area (Å²) in [6.07, 6.45) is 0.506. The molecule has 0 aromatic heterocycles. The fourth-order valence-corrected chi connectivity index (χ4v) is 3.03. The number of nitro benzene ring substituents is 1. The molecule has 1 aromatic carbocycles. The number of methoxy groups -OCH3 is 1. The predicted octanol–water partition coefficient (Wildman–Crippen LogP) is 1.34. The zero-order valence-electron chi connectivity index (χ0n) is 12.1. The van der Waals surface area contributed by atoms with Gasteiger partial charge in [0.1, 0.15) is 5.69 Å². The van der Waals surface area contributed by atoms with Crippen molar-refractivity contribution in [1.82, 2.24) is 4.72 Å². The second-order valence-corrected chi connectivity index (χ2v) is 6.20. The Labute approximate surface area is 123 Å². The molecule has 0 aliphatic rings. The molecule has 118 valence electrons. The molecular weight excluding hydrogens is 298 g/mol. The van der Waals surface area contributed by atoms with Crippen LogP contribution in [0.3, 0.4) is 0 Å². The van der Waals surface area contributed by atoms with Gasteiger partial charge in [-0.05, 0) is 25.5 Å². The smallest absolute Gasteiger partial charge is 0.293 e. The van der Waals surface area contributed by atoms with Gasteiger partial charge in [-0.2, -0.15) is 0 Å². The summed E-state index contributed by atoms with van der Waals surface area (Å²) in [5, 5.41) is 13.6. The molecule has 9 heteroatoms. The van der Waals surface area contributed by atoms with Crippen LogP contribution in [0.1, 0.15) is 13.3 Å². The van der Waals surface area contributed by atoms with Crippen molar-refractivity contribution in [2.45, 2.75) is 24.3 Å². The lowest BCUT2D eigenvalue weighted by molar-refractivity contribution is -0.384. The minimum Gasteiger partial charge on any atom is -0.385 e. The maximum Gasteiger partial charge on any atom is 0.293 e. The van der Waals surface area contributed by atoms with Crippen LogP contribution in [0, 0.1) is 10.1 Å². The number of nitro groups is 1. The van der Waals surface area contributed by atoms with Gasteiger partial charge in [0.15, 0.2) is 0 Å². The third-order valence-electron chi connectivity index (χ3n) is 2.86. The largest absolute Gasteiger partial charge is 0.385 e. The minimum atomic E-state index is -3.81. The third kappa shape index (κ3) is 4.66. The summed E-state index contributed by atoms with van der Waals surface area (Å²) in [4.78, 5) is 10.2. The first-order valence-electron chi connectivity index (χ1n) is 6.29. The van der Waals surface area contributed by atoms with Crippen LogP contribution in [0.2, 0.25) is 0 Å². The quantitative estimate of drug-likeness (QED) is 0.553. The van der Waals surface area contributed by atoms with Gasteiger partial charge in [-0.25, -0.2) is 13.1 Å². The number of rotatable bonds is 8. The van der Waals surface area contributed by atoms with Crippen LogP contribution in [0.5, 0.6) is 0 Å². The Morgan fingerprint density at radius 3 is 2.62 bits per heavy atom. The van der Waals surface area contributed by atoms with Crippen LogP contribution in [-0.2, 0) is 14.8 Å². The van der Waals surface area contributed by atoms with Crippen molar-refractivity contribution in [1.29, 1.82) is 0 Å². The van der Waals surface area contributed by atoms with Gasteiger partial charge in [0.05, 0.1) is 9.82 Å². The van der Waals surface area contributed by atoms with E-state index < -0.39 is 14.9 Å². The Morgan fingerprint density at radius 2 is 2.10 bits per heavy atom. The van der Waals surface area contributed by atoms with Gasteiger partial charge < -0.3 is 10.1 Å². The molecule has 0 bridgehead atoms. The van der Waals surface area contributed by atoms with Gasteiger partial charge in [-0.1, -0.05) is 0 Å². The Morgan fingerprint density at radius 1 is 1.43 bits per heavy atom. The molecule has 8 nitrogen and oxygen atoms in total. The summed E-state index contributed by atoms with van der Waals surface area (Å²) < 4.78 is 31.7. The van der Waals surface area contributed by atoms with Crippen molar-refractivity contribution in [2.24, 2.45) is 0 Å². The molecule has 1 aromatic rings. The number of hydrogen-bond donors (Lipinski definition) is 2. The van der Waals surface area contributed by atoms with E-state index in [1.54, 1.807) is 6.92 Å². The predicted molar refractivity (Wildman–Crippen MR) is 78.9 cm³/mol. The molecule has 0 saturated heterocycles. The molecule has 0 spiro atoms. The van der Waals surface area contributed by atoms with Crippen molar-refractivity contribution >= 4 is 21.4 Å². The van der Waals surface area contributed by atoms with Crippen LogP contribution in [0.4, 0.5) is 11.4 Å². The second-order valence-electron chi connectivity index (χ2n) is 4.49.